The highest BCUT2D eigenvalue weighted by molar-refractivity contribution is 6.28. The van der Waals surface area contributed by atoms with Crippen molar-refractivity contribution < 1.29 is 9.59 Å². The smallest absolute Gasteiger partial charge is 0.194 e. The van der Waals surface area contributed by atoms with Gasteiger partial charge in [-0.1, -0.05) is 30.3 Å². The Labute approximate surface area is 143 Å². The molecule has 0 atom stereocenters. The zero-order valence-electron chi connectivity index (χ0n) is 14.7. The minimum Gasteiger partial charge on any atom is -0.294 e. The number of rotatable bonds is 4. The molecule has 3 heteroatoms. The van der Waals surface area contributed by atoms with Crippen LogP contribution >= 0.6 is 0 Å². The van der Waals surface area contributed by atoms with Crippen LogP contribution in [-0.2, 0) is 6.54 Å². The monoisotopic (exact) mass is 321 g/mol. The molecule has 0 fully saturated rings. The van der Waals surface area contributed by atoms with E-state index in [9.17, 15) is 9.59 Å². The van der Waals surface area contributed by atoms with Crippen molar-refractivity contribution >= 4 is 11.6 Å². The van der Waals surface area contributed by atoms with Gasteiger partial charge in [-0.05, 0) is 45.4 Å². The maximum absolute atomic E-state index is 12.8. The fourth-order valence-electron chi connectivity index (χ4n) is 3.42. The van der Waals surface area contributed by atoms with Crippen LogP contribution in [0.2, 0.25) is 0 Å². The third kappa shape index (κ3) is 2.80. The van der Waals surface area contributed by atoms with Crippen molar-refractivity contribution in [2.24, 2.45) is 0 Å². The molecule has 0 saturated carbocycles. The van der Waals surface area contributed by atoms with E-state index in [0.717, 1.165) is 12.1 Å². The van der Waals surface area contributed by atoms with Crippen LogP contribution in [0.25, 0.3) is 0 Å². The Morgan fingerprint density at radius 3 is 1.79 bits per heavy atom. The molecule has 0 N–H and O–H groups in total. The second-order valence-corrected chi connectivity index (χ2v) is 6.94. The van der Waals surface area contributed by atoms with Crippen LogP contribution in [0.15, 0.2) is 42.5 Å². The Morgan fingerprint density at radius 2 is 1.25 bits per heavy atom. The van der Waals surface area contributed by atoms with Crippen LogP contribution in [0.5, 0.6) is 0 Å². The highest BCUT2D eigenvalue weighted by atomic mass is 16.1. The number of hydrogen-bond donors (Lipinski definition) is 0. The lowest BCUT2D eigenvalue weighted by Gasteiger charge is -2.31. The highest BCUT2D eigenvalue weighted by Crippen LogP contribution is 2.28. The maximum Gasteiger partial charge on any atom is 0.194 e. The Hall–Kier alpha value is -2.26. The number of nitrogens with zero attached hydrogens (tertiary/aromatic N) is 1. The van der Waals surface area contributed by atoms with Crippen molar-refractivity contribution in [1.29, 1.82) is 0 Å². The average molecular weight is 321 g/mol. The van der Waals surface area contributed by atoms with E-state index in [4.69, 9.17) is 0 Å². The van der Waals surface area contributed by atoms with Crippen LogP contribution in [0.4, 0.5) is 0 Å². The van der Waals surface area contributed by atoms with Gasteiger partial charge in [0.25, 0.3) is 0 Å². The van der Waals surface area contributed by atoms with Crippen molar-refractivity contribution in [3.8, 4) is 0 Å². The van der Waals surface area contributed by atoms with Gasteiger partial charge >= 0.3 is 0 Å². The topological polar surface area (TPSA) is 37.4 Å². The Kier molecular flexibility index (Phi) is 4.37. The van der Waals surface area contributed by atoms with Gasteiger partial charge in [0.05, 0.1) is 0 Å². The highest BCUT2D eigenvalue weighted by Gasteiger charge is 2.29. The molecule has 1 aliphatic rings. The minimum absolute atomic E-state index is 0.0531. The van der Waals surface area contributed by atoms with Gasteiger partial charge in [-0.2, -0.15) is 0 Å². The van der Waals surface area contributed by atoms with Crippen molar-refractivity contribution in [2.45, 2.75) is 46.3 Å². The van der Waals surface area contributed by atoms with Gasteiger partial charge in [0.1, 0.15) is 0 Å². The molecule has 0 saturated heterocycles. The second kappa shape index (κ2) is 6.33. The van der Waals surface area contributed by atoms with E-state index >= 15 is 0 Å². The van der Waals surface area contributed by atoms with E-state index in [1.807, 2.05) is 12.1 Å². The summed E-state index contributed by atoms with van der Waals surface area (Å²) in [6.45, 7) is 9.45. The number of hydrogen-bond acceptors (Lipinski definition) is 3. The summed E-state index contributed by atoms with van der Waals surface area (Å²) in [6.07, 6.45) is 0. The molecule has 3 nitrogen and oxygen atoms in total. The summed E-state index contributed by atoms with van der Waals surface area (Å²) < 4.78 is 0. The van der Waals surface area contributed by atoms with Crippen LogP contribution < -0.4 is 0 Å². The summed E-state index contributed by atoms with van der Waals surface area (Å²) in [4.78, 5) is 27.8. The van der Waals surface area contributed by atoms with Crippen LogP contribution in [0, 0.1) is 0 Å². The molecule has 3 rings (SSSR count). The molecule has 0 aromatic heterocycles. The average Bonchev–Trinajstić information content (AvgIpc) is 2.57. The van der Waals surface area contributed by atoms with Crippen LogP contribution in [-0.4, -0.2) is 28.6 Å². The molecule has 0 spiro atoms. The normalized spacial score (nSPS) is 13.6. The third-order valence-corrected chi connectivity index (χ3v) is 4.68. The molecule has 0 radical (unpaired) electrons. The molecule has 0 bridgehead atoms. The fraction of sp³-hybridized carbons (Fsp3) is 0.333. The summed E-state index contributed by atoms with van der Waals surface area (Å²) in [6, 6.07) is 13.6. The van der Waals surface area contributed by atoms with Gasteiger partial charge in [0.2, 0.25) is 0 Å². The van der Waals surface area contributed by atoms with Gasteiger partial charge < -0.3 is 0 Å². The molecular formula is C21H23NO2. The Bertz CT molecular complexity index is 797. The van der Waals surface area contributed by atoms with Gasteiger partial charge in [-0.25, -0.2) is 0 Å². The predicted octanol–water partition coefficient (Wildman–Crippen LogP) is 4.08. The molecule has 0 unspecified atom stereocenters. The minimum atomic E-state index is -0.0590. The lowest BCUT2D eigenvalue weighted by atomic mass is 9.83. The van der Waals surface area contributed by atoms with E-state index in [1.165, 1.54) is 0 Å². The Balaban J connectivity index is 2.00. The standard InChI is InChI=1S/C21H23NO2/c1-13(2)22(14(3)4)12-15-9-10-18-19(11-15)21(24)17-8-6-5-7-16(17)20(18)23/h5-11,13-14H,12H2,1-4H3. The number of carbonyl (C=O) groups is 2. The molecule has 124 valence electrons. The van der Waals surface area contributed by atoms with Crippen LogP contribution in [0.1, 0.15) is 65.1 Å². The third-order valence-electron chi connectivity index (χ3n) is 4.68. The van der Waals surface area contributed by atoms with Gasteiger partial charge in [-0.15, -0.1) is 0 Å². The summed E-state index contributed by atoms with van der Waals surface area (Å²) in [7, 11) is 0. The quantitative estimate of drug-likeness (QED) is 0.726. The van der Waals surface area contributed by atoms with Gasteiger partial charge in [0.15, 0.2) is 11.6 Å². The summed E-state index contributed by atoms with van der Waals surface area (Å²) >= 11 is 0. The Morgan fingerprint density at radius 1 is 0.750 bits per heavy atom. The van der Waals surface area contributed by atoms with E-state index in [1.54, 1.807) is 30.3 Å². The molecule has 24 heavy (non-hydrogen) atoms. The number of ketones is 2. The molecular weight excluding hydrogens is 298 g/mol. The maximum atomic E-state index is 12.8. The van der Waals surface area contributed by atoms with E-state index in [-0.39, 0.29) is 11.6 Å². The fourth-order valence-corrected chi connectivity index (χ4v) is 3.42. The summed E-state index contributed by atoms with van der Waals surface area (Å²) in [5.74, 6) is -0.112. The van der Waals surface area contributed by atoms with Gasteiger partial charge in [0, 0.05) is 40.9 Å². The molecule has 1 aliphatic carbocycles. The second-order valence-electron chi connectivity index (χ2n) is 6.94. The molecule has 2 aromatic carbocycles. The van der Waals surface area contributed by atoms with Crippen molar-refractivity contribution in [2.75, 3.05) is 0 Å². The van der Waals surface area contributed by atoms with E-state index in [2.05, 4.69) is 32.6 Å². The first-order valence-electron chi connectivity index (χ1n) is 8.47. The first kappa shape index (κ1) is 16.6. The van der Waals surface area contributed by atoms with E-state index in [0.29, 0.717) is 34.3 Å². The lowest BCUT2D eigenvalue weighted by molar-refractivity contribution is 0.0979. The van der Waals surface area contributed by atoms with Crippen LogP contribution in [0.3, 0.4) is 0 Å². The number of carbonyl (C=O) groups excluding carboxylic acids is 2. The number of fused-ring (bicyclic) bond motifs is 2. The van der Waals surface area contributed by atoms with Crippen molar-refractivity contribution in [3.63, 3.8) is 0 Å². The van der Waals surface area contributed by atoms with Gasteiger partial charge in [-0.3, -0.25) is 14.5 Å². The largest absolute Gasteiger partial charge is 0.294 e. The zero-order valence-corrected chi connectivity index (χ0v) is 14.7. The van der Waals surface area contributed by atoms with Crippen molar-refractivity contribution in [1.82, 2.24) is 4.90 Å². The number of benzene rings is 2. The van der Waals surface area contributed by atoms with E-state index < -0.39 is 0 Å². The molecule has 2 aromatic rings. The molecule has 0 aliphatic heterocycles. The molecule has 0 heterocycles. The first-order chi connectivity index (χ1) is 11.4. The summed E-state index contributed by atoms with van der Waals surface area (Å²) in [5, 5.41) is 0. The van der Waals surface area contributed by atoms with Crippen molar-refractivity contribution in [3.05, 3.63) is 70.3 Å². The predicted molar refractivity (Wildman–Crippen MR) is 95.6 cm³/mol. The lowest BCUT2D eigenvalue weighted by Crippen LogP contribution is -2.36. The SMILES string of the molecule is CC(C)N(Cc1ccc2c(c1)C(=O)c1ccccc1C2=O)C(C)C. The first-order valence-corrected chi connectivity index (χ1v) is 8.47. The summed E-state index contributed by atoms with van der Waals surface area (Å²) in [5.41, 5.74) is 3.13. The zero-order chi connectivity index (χ0) is 17.4. The molecule has 0 amide bonds.